The third kappa shape index (κ3) is 2.30. The predicted molar refractivity (Wildman–Crippen MR) is 65.0 cm³/mol. The number of amidine groups is 1. The molecule has 0 atom stereocenters. The van der Waals surface area contributed by atoms with Crippen LogP contribution in [0.3, 0.4) is 0 Å². The van der Waals surface area contributed by atoms with Crippen LogP contribution in [0.2, 0.25) is 0 Å². The molecule has 2 heterocycles. The van der Waals surface area contributed by atoms with Gasteiger partial charge in [-0.1, -0.05) is 0 Å². The lowest BCUT2D eigenvalue weighted by Crippen LogP contribution is -2.44. The smallest absolute Gasteiger partial charge is 0.141 e. The van der Waals surface area contributed by atoms with Crippen molar-refractivity contribution in [2.75, 3.05) is 38.1 Å². The lowest BCUT2D eigenvalue weighted by molar-refractivity contribution is 0.313. The lowest BCUT2D eigenvalue weighted by atomic mass is 10.2. The molecule has 1 saturated heterocycles. The van der Waals surface area contributed by atoms with Gasteiger partial charge in [-0.05, 0) is 19.2 Å². The molecule has 5 nitrogen and oxygen atoms in total. The van der Waals surface area contributed by atoms with Crippen molar-refractivity contribution in [3.05, 3.63) is 24.0 Å². The Bertz CT molecular complexity index is 382. The molecule has 0 unspecified atom stereocenters. The SMILES string of the molecule is CN1CCN(c2ccnc(C(=N)N)c2)CC1. The fourth-order valence-corrected chi connectivity index (χ4v) is 1.83. The van der Waals surface area contributed by atoms with Gasteiger partial charge < -0.3 is 15.5 Å². The predicted octanol–water partition coefficient (Wildman–Crippen LogP) is 0.117. The zero-order valence-corrected chi connectivity index (χ0v) is 9.48. The zero-order chi connectivity index (χ0) is 11.5. The van der Waals surface area contributed by atoms with Crippen molar-refractivity contribution in [3.63, 3.8) is 0 Å². The number of anilines is 1. The topological polar surface area (TPSA) is 69.2 Å². The van der Waals surface area contributed by atoms with Crippen LogP contribution in [0.4, 0.5) is 5.69 Å². The Labute approximate surface area is 95.4 Å². The number of nitrogens with zero attached hydrogens (tertiary/aromatic N) is 3. The second-order valence-corrected chi connectivity index (χ2v) is 4.10. The van der Waals surface area contributed by atoms with Crippen LogP contribution in [-0.4, -0.2) is 48.9 Å². The molecule has 5 heteroatoms. The summed E-state index contributed by atoms with van der Waals surface area (Å²) in [5, 5.41) is 7.37. The Morgan fingerprint density at radius 2 is 2.06 bits per heavy atom. The van der Waals surface area contributed by atoms with Gasteiger partial charge in [-0.2, -0.15) is 0 Å². The second kappa shape index (κ2) is 4.49. The number of nitrogen functional groups attached to an aromatic ring is 1. The zero-order valence-electron chi connectivity index (χ0n) is 9.48. The number of piperazine rings is 1. The highest BCUT2D eigenvalue weighted by atomic mass is 15.2. The highest BCUT2D eigenvalue weighted by Crippen LogP contribution is 2.16. The maximum atomic E-state index is 7.37. The molecule has 0 radical (unpaired) electrons. The molecule has 16 heavy (non-hydrogen) atoms. The summed E-state index contributed by atoms with van der Waals surface area (Å²) in [7, 11) is 2.13. The summed E-state index contributed by atoms with van der Waals surface area (Å²) < 4.78 is 0. The molecule has 0 spiro atoms. The first kappa shape index (κ1) is 10.9. The number of rotatable bonds is 2. The minimum Gasteiger partial charge on any atom is -0.382 e. The van der Waals surface area contributed by atoms with Crippen molar-refractivity contribution in [3.8, 4) is 0 Å². The van der Waals surface area contributed by atoms with Crippen LogP contribution in [0.25, 0.3) is 0 Å². The van der Waals surface area contributed by atoms with Gasteiger partial charge in [0.15, 0.2) is 0 Å². The second-order valence-electron chi connectivity index (χ2n) is 4.10. The van der Waals surface area contributed by atoms with E-state index in [0.29, 0.717) is 5.69 Å². The molecule has 1 aliphatic heterocycles. The molecule has 1 aromatic heterocycles. The number of nitrogens with one attached hydrogen (secondary N) is 1. The quantitative estimate of drug-likeness (QED) is 0.547. The Morgan fingerprint density at radius 1 is 1.38 bits per heavy atom. The van der Waals surface area contributed by atoms with Gasteiger partial charge >= 0.3 is 0 Å². The Kier molecular flexibility index (Phi) is 3.05. The van der Waals surface area contributed by atoms with Crippen LogP contribution in [-0.2, 0) is 0 Å². The van der Waals surface area contributed by atoms with E-state index < -0.39 is 0 Å². The van der Waals surface area contributed by atoms with Crippen LogP contribution < -0.4 is 10.6 Å². The summed E-state index contributed by atoms with van der Waals surface area (Å²) in [5.74, 6) is 0.0241. The van der Waals surface area contributed by atoms with Crippen LogP contribution in [0, 0.1) is 5.41 Å². The maximum Gasteiger partial charge on any atom is 0.141 e. The van der Waals surface area contributed by atoms with E-state index in [2.05, 4.69) is 21.8 Å². The van der Waals surface area contributed by atoms with Crippen LogP contribution in [0.15, 0.2) is 18.3 Å². The molecule has 0 bridgehead atoms. The minimum absolute atomic E-state index is 0.0241. The maximum absolute atomic E-state index is 7.37. The van der Waals surface area contributed by atoms with E-state index >= 15 is 0 Å². The van der Waals surface area contributed by atoms with E-state index in [1.165, 1.54) is 0 Å². The molecule has 1 aromatic rings. The number of nitrogens with two attached hydrogens (primary N) is 1. The van der Waals surface area contributed by atoms with E-state index in [4.69, 9.17) is 11.1 Å². The first-order valence-corrected chi connectivity index (χ1v) is 5.41. The number of aromatic nitrogens is 1. The third-order valence-corrected chi connectivity index (χ3v) is 2.89. The molecule has 86 valence electrons. The van der Waals surface area contributed by atoms with Crippen molar-refractivity contribution >= 4 is 11.5 Å². The van der Waals surface area contributed by atoms with Crippen molar-refractivity contribution in [1.29, 1.82) is 5.41 Å². The average Bonchev–Trinajstić information content (AvgIpc) is 2.30. The van der Waals surface area contributed by atoms with Gasteiger partial charge in [0, 0.05) is 38.1 Å². The molecule has 0 amide bonds. The van der Waals surface area contributed by atoms with Crippen LogP contribution in [0.1, 0.15) is 5.69 Å². The minimum atomic E-state index is 0.0241. The first-order chi connectivity index (χ1) is 7.66. The largest absolute Gasteiger partial charge is 0.382 e. The van der Waals surface area contributed by atoms with Gasteiger partial charge in [-0.15, -0.1) is 0 Å². The molecular formula is C11H17N5. The Hall–Kier alpha value is -1.62. The number of likely N-dealkylation sites (N-methyl/N-ethyl adjacent to an activating group) is 1. The van der Waals surface area contributed by atoms with Crippen LogP contribution >= 0.6 is 0 Å². The van der Waals surface area contributed by atoms with Crippen molar-refractivity contribution < 1.29 is 0 Å². The number of hydrogen-bond acceptors (Lipinski definition) is 4. The molecule has 1 fully saturated rings. The highest BCUT2D eigenvalue weighted by molar-refractivity contribution is 5.93. The van der Waals surface area contributed by atoms with Crippen molar-refractivity contribution in [1.82, 2.24) is 9.88 Å². The van der Waals surface area contributed by atoms with Crippen molar-refractivity contribution in [2.24, 2.45) is 5.73 Å². The van der Waals surface area contributed by atoms with E-state index in [0.717, 1.165) is 31.9 Å². The van der Waals surface area contributed by atoms with Gasteiger partial charge in [0.25, 0.3) is 0 Å². The van der Waals surface area contributed by atoms with E-state index in [-0.39, 0.29) is 5.84 Å². The fraction of sp³-hybridized carbons (Fsp3) is 0.455. The molecular weight excluding hydrogens is 202 g/mol. The number of pyridine rings is 1. The fourth-order valence-electron chi connectivity index (χ4n) is 1.83. The monoisotopic (exact) mass is 219 g/mol. The summed E-state index contributed by atoms with van der Waals surface area (Å²) in [6, 6.07) is 3.85. The normalized spacial score (nSPS) is 17.4. The Morgan fingerprint density at radius 3 is 2.69 bits per heavy atom. The molecule has 1 aliphatic rings. The summed E-state index contributed by atoms with van der Waals surface area (Å²) in [6.45, 7) is 4.16. The summed E-state index contributed by atoms with van der Waals surface area (Å²) in [6.07, 6.45) is 1.71. The van der Waals surface area contributed by atoms with Crippen molar-refractivity contribution in [2.45, 2.75) is 0 Å². The Balaban J connectivity index is 2.14. The summed E-state index contributed by atoms with van der Waals surface area (Å²) in [4.78, 5) is 8.67. The van der Waals surface area contributed by atoms with Crippen LogP contribution in [0.5, 0.6) is 0 Å². The van der Waals surface area contributed by atoms with E-state index in [9.17, 15) is 0 Å². The van der Waals surface area contributed by atoms with Gasteiger partial charge in [0.2, 0.25) is 0 Å². The average molecular weight is 219 g/mol. The van der Waals surface area contributed by atoms with Gasteiger partial charge in [0.1, 0.15) is 11.5 Å². The first-order valence-electron chi connectivity index (χ1n) is 5.41. The number of hydrogen-bond donors (Lipinski definition) is 2. The van der Waals surface area contributed by atoms with E-state index in [1.807, 2.05) is 12.1 Å². The lowest BCUT2D eigenvalue weighted by Gasteiger charge is -2.34. The van der Waals surface area contributed by atoms with E-state index in [1.54, 1.807) is 6.20 Å². The summed E-state index contributed by atoms with van der Waals surface area (Å²) in [5.41, 5.74) is 7.09. The summed E-state index contributed by atoms with van der Waals surface area (Å²) >= 11 is 0. The van der Waals surface area contributed by atoms with Gasteiger partial charge in [0.05, 0.1) is 0 Å². The molecule has 0 saturated carbocycles. The highest BCUT2D eigenvalue weighted by Gasteiger charge is 2.14. The molecule has 2 rings (SSSR count). The van der Waals surface area contributed by atoms with Gasteiger partial charge in [-0.3, -0.25) is 10.4 Å². The molecule has 0 aliphatic carbocycles. The molecule has 3 N–H and O–H groups in total. The third-order valence-electron chi connectivity index (χ3n) is 2.89. The molecule has 0 aromatic carbocycles. The standard InChI is InChI=1S/C11H17N5/c1-15-4-6-16(7-5-15)9-2-3-14-10(8-9)11(12)13/h2-3,8H,4-7H2,1H3,(H3,12,13). The van der Waals surface area contributed by atoms with Gasteiger partial charge in [-0.25, -0.2) is 0 Å².